The molecule has 0 aromatic heterocycles. The predicted molar refractivity (Wildman–Crippen MR) is 37.5 cm³/mol. The second-order valence-electron chi connectivity index (χ2n) is 1.84. The first-order valence-corrected chi connectivity index (χ1v) is 2.97. The third-order valence-electron chi connectivity index (χ3n) is 1.12. The lowest BCUT2D eigenvalue weighted by Gasteiger charge is -2.10. The summed E-state index contributed by atoms with van der Waals surface area (Å²) in [5.74, 6) is 0. The molecule has 0 heterocycles. The summed E-state index contributed by atoms with van der Waals surface area (Å²) in [6.45, 7) is 4.24. The van der Waals surface area contributed by atoms with Gasteiger partial charge in [-0.3, -0.25) is 0 Å². The van der Waals surface area contributed by atoms with E-state index in [-0.39, 0.29) is 6.10 Å². The molecule has 9 heavy (non-hydrogen) atoms. The summed E-state index contributed by atoms with van der Waals surface area (Å²) in [6.07, 6.45) is 2.85. The van der Waals surface area contributed by atoms with Gasteiger partial charge in [0.05, 0.1) is 12.7 Å². The molecule has 0 aromatic carbocycles. The second kappa shape index (κ2) is 5.79. The summed E-state index contributed by atoms with van der Waals surface area (Å²) in [5.41, 5.74) is 0. The van der Waals surface area contributed by atoms with Gasteiger partial charge in [0.2, 0.25) is 0 Å². The Kier molecular flexibility index (Phi) is 5.57. The second-order valence-corrected chi connectivity index (χ2v) is 1.84. The van der Waals surface area contributed by atoms with E-state index in [9.17, 15) is 0 Å². The van der Waals surface area contributed by atoms with Crippen molar-refractivity contribution in [2.24, 2.45) is 0 Å². The minimum absolute atomic E-state index is 0.174. The maximum Gasteiger partial charge on any atom is 0.0838 e. The van der Waals surface area contributed by atoms with Crippen molar-refractivity contribution in [1.29, 1.82) is 0 Å². The van der Waals surface area contributed by atoms with Crippen LogP contribution in [0.15, 0.2) is 12.7 Å². The normalized spacial score (nSPS) is 13.1. The van der Waals surface area contributed by atoms with Gasteiger partial charge in [-0.15, -0.1) is 6.58 Å². The topological polar surface area (TPSA) is 18.5 Å². The number of ether oxygens (including phenoxy) is 2. The molecule has 0 aromatic rings. The highest BCUT2D eigenvalue weighted by atomic mass is 16.5. The first-order valence-electron chi connectivity index (χ1n) is 2.97. The minimum atomic E-state index is 0.174. The van der Waals surface area contributed by atoms with Crippen molar-refractivity contribution < 1.29 is 9.47 Å². The molecular weight excluding hydrogens is 116 g/mol. The van der Waals surface area contributed by atoms with E-state index in [0.717, 1.165) is 6.42 Å². The largest absolute Gasteiger partial charge is 0.382 e. The lowest BCUT2D eigenvalue weighted by atomic mass is 10.3. The van der Waals surface area contributed by atoms with E-state index in [2.05, 4.69) is 6.58 Å². The molecule has 2 heteroatoms. The molecule has 0 aliphatic rings. The summed E-state index contributed by atoms with van der Waals surface area (Å²) in [6, 6.07) is 0. The van der Waals surface area contributed by atoms with Crippen LogP contribution in [-0.2, 0) is 9.47 Å². The van der Waals surface area contributed by atoms with Crippen molar-refractivity contribution in [3.8, 4) is 0 Å². The van der Waals surface area contributed by atoms with Crippen LogP contribution in [0.4, 0.5) is 0 Å². The zero-order valence-electron chi connectivity index (χ0n) is 6.09. The Morgan fingerprint density at radius 1 is 1.56 bits per heavy atom. The Morgan fingerprint density at radius 3 is 2.56 bits per heavy atom. The monoisotopic (exact) mass is 130 g/mol. The SMILES string of the molecule is C=CCC(COC)OC. The maximum atomic E-state index is 5.03. The standard InChI is InChI=1S/C7H14O2/c1-4-5-7(9-3)6-8-2/h4,7H,1,5-6H2,2-3H3. The molecule has 0 rings (SSSR count). The van der Waals surface area contributed by atoms with E-state index >= 15 is 0 Å². The van der Waals surface area contributed by atoms with Crippen molar-refractivity contribution >= 4 is 0 Å². The zero-order valence-corrected chi connectivity index (χ0v) is 6.09. The summed E-state index contributed by atoms with van der Waals surface area (Å²) < 4.78 is 9.91. The Labute approximate surface area is 56.5 Å². The third kappa shape index (κ3) is 4.18. The van der Waals surface area contributed by atoms with Crippen LogP contribution in [0.1, 0.15) is 6.42 Å². The molecule has 0 saturated carbocycles. The highest BCUT2D eigenvalue weighted by molar-refractivity contribution is 4.72. The van der Waals surface area contributed by atoms with E-state index in [1.807, 2.05) is 6.08 Å². The predicted octanol–water partition coefficient (Wildman–Crippen LogP) is 1.22. The van der Waals surface area contributed by atoms with Crippen LogP contribution in [0.3, 0.4) is 0 Å². The highest BCUT2D eigenvalue weighted by Crippen LogP contribution is 1.96. The Morgan fingerprint density at radius 2 is 2.22 bits per heavy atom. The van der Waals surface area contributed by atoms with Crippen molar-refractivity contribution in [3.05, 3.63) is 12.7 Å². The molecule has 0 spiro atoms. The zero-order chi connectivity index (χ0) is 7.11. The summed E-state index contributed by atoms with van der Waals surface area (Å²) in [5, 5.41) is 0. The van der Waals surface area contributed by atoms with Crippen LogP contribution < -0.4 is 0 Å². The molecule has 0 N–H and O–H groups in total. The average Bonchev–Trinajstić information content (AvgIpc) is 1.88. The van der Waals surface area contributed by atoms with Crippen LogP contribution >= 0.6 is 0 Å². The van der Waals surface area contributed by atoms with Gasteiger partial charge in [0.15, 0.2) is 0 Å². The van der Waals surface area contributed by atoms with Crippen LogP contribution in [0.2, 0.25) is 0 Å². The van der Waals surface area contributed by atoms with Gasteiger partial charge in [-0.05, 0) is 6.42 Å². The molecule has 0 fully saturated rings. The number of methoxy groups -OCH3 is 2. The van der Waals surface area contributed by atoms with Crippen LogP contribution in [0.25, 0.3) is 0 Å². The lowest BCUT2D eigenvalue weighted by molar-refractivity contribution is 0.0305. The van der Waals surface area contributed by atoms with Crippen LogP contribution in [0, 0.1) is 0 Å². The summed E-state index contributed by atoms with van der Waals surface area (Å²) >= 11 is 0. The number of hydrogen-bond acceptors (Lipinski definition) is 2. The first-order chi connectivity index (χ1) is 4.35. The fraction of sp³-hybridized carbons (Fsp3) is 0.714. The fourth-order valence-corrected chi connectivity index (χ4v) is 0.604. The van der Waals surface area contributed by atoms with Gasteiger partial charge < -0.3 is 9.47 Å². The Balaban J connectivity index is 3.28. The van der Waals surface area contributed by atoms with Crippen molar-refractivity contribution in [3.63, 3.8) is 0 Å². The molecule has 0 bridgehead atoms. The van der Waals surface area contributed by atoms with E-state index in [4.69, 9.17) is 9.47 Å². The molecule has 1 atom stereocenters. The van der Waals surface area contributed by atoms with E-state index < -0.39 is 0 Å². The quantitative estimate of drug-likeness (QED) is 0.521. The molecule has 2 nitrogen and oxygen atoms in total. The van der Waals surface area contributed by atoms with E-state index in [1.165, 1.54) is 0 Å². The summed E-state index contributed by atoms with van der Waals surface area (Å²) in [4.78, 5) is 0. The van der Waals surface area contributed by atoms with Crippen LogP contribution in [0.5, 0.6) is 0 Å². The number of rotatable bonds is 5. The maximum absolute atomic E-state index is 5.03. The molecule has 54 valence electrons. The molecular formula is C7H14O2. The Bertz CT molecular complexity index is 71.3. The van der Waals surface area contributed by atoms with Crippen molar-refractivity contribution in [2.45, 2.75) is 12.5 Å². The van der Waals surface area contributed by atoms with Gasteiger partial charge in [-0.25, -0.2) is 0 Å². The van der Waals surface area contributed by atoms with E-state index in [0.29, 0.717) is 6.61 Å². The molecule has 0 radical (unpaired) electrons. The van der Waals surface area contributed by atoms with Crippen molar-refractivity contribution in [1.82, 2.24) is 0 Å². The molecule has 0 aliphatic heterocycles. The van der Waals surface area contributed by atoms with Gasteiger partial charge in [0.25, 0.3) is 0 Å². The van der Waals surface area contributed by atoms with Gasteiger partial charge in [0.1, 0.15) is 0 Å². The smallest absolute Gasteiger partial charge is 0.0838 e. The fourth-order valence-electron chi connectivity index (χ4n) is 0.604. The molecule has 0 saturated heterocycles. The third-order valence-corrected chi connectivity index (χ3v) is 1.12. The summed E-state index contributed by atoms with van der Waals surface area (Å²) in [7, 11) is 3.34. The highest BCUT2D eigenvalue weighted by Gasteiger charge is 2.01. The van der Waals surface area contributed by atoms with Gasteiger partial charge in [0, 0.05) is 14.2 Å². The molecule has 0 amide bonds. The lowest BCUT2D eigenvalue weighted by Crippen LogP contribution is -2.15. The van der Waals surface area contributed by atoms with Crippen molar-refractivity contribution in [2.75, 3.05) is 20.8 Å². The average molecular weight is 130 g/mol. The van der Waals surface area contributed by atoms with E-state index in [1.54, 1.807) is 14.2 Å². The van der Waals surface area contributed by atoms with Gasteiger partial charge in [-0.1, -0.05) is 6.08 Å². The van der Waals surface area contributed by atoms with Gasteiger partial charge >= 0.3 is 0 Å². The molecule has 1 unspecified atom stereocenters. The number of hydrogen-bond donors (Lipinski definition) is 0. The minimum Gasteiger partial charge on any atom is -0.382 e. The van der Waals surface area contributed by atoms with Crippen LogP contribution in [-0.4, -0.2) is 26.9 Å². The Hall–Kier alpha value is -0.340. The van der Waals surface area contributed by atoms with Gasteiger partial charge in [-0.2, -0.15) is 0 Å². The molecule has 0 aliphatic carbocycles. The first kappa shape index (κ1) is 8.66.